The molecule has 0 aliphatic rings. The van der Waals surface area contributed by atoms with E-state index in [0.29, 0.717) is 28.2 Å². The van der Waals surface area contributed by atoms with Crippen molar-refractivity contribution >= 4 is 51.7 Å². The van der Waals surface area contributed by atoms with Crippen LogP contribution in [0.5, 0.6) is 0 Å². The first-order valence-electron chi connectivity index (χ1n) is 9.86. The summed E-state index contributed by atoms with van der Waals surface area (Å²) >= 11 is 4.21. The molecular formula is C25H22N2O2S. The van der Waals surface area contributed by atoms with Gasteiger partial charge in [0.15, 0.2) is 5.78 Å². The Balaban J connectivity index is 1.91. The number of carbonyl (C=O) groups is 2. The zero-order valence-electron chi connectivity index (χ0n) is 16.9. The second-order valence-electron chi connectivity index (χ2n) is 7.06. The van der Waals surface area contributed by atoms with Crippen molar-refractivity contribution in [3.8, 4) is 0 Å². The highest BCUT2D eigenvalue weighted by Gasteiger charge is 2.17. The highest BCUT2D eigenvalue weighted by Crippen LogP contribution is 2.31. The van der Waals surface area contributed by atoms with Gasteiger partial charge in [-0.15, -0.1) is 0 Å². The number of hydrogen-bond donors (Lipinski definition) is 1. The minimum atomic E-state index is -0.122. The molecule has 1 heterocycles. The normalized spacial score (nSPS) is 11.9. The summed E-state index contributed by atoms with van der Waals surface area (Å²) in [6.07, 6.45) is 0. The summed E-state index contributed by atoms with van der Waals surface area (Å²) < 4.78 is 2.20. The minimum absolute atomic E-state index is 0.0161. The van der Waals surface area contributed by atoms with Gasteiger partial charge in [0, 0.05) is 57.8 Å². The van der Waals surface area contributed by atoms with Gasteiger partial charge in [0.05, 0.1) is 5.71 Å². The highest BCUT2D eigenvalue weighted by molar-refractivity contribution is 7.81. The summed E-state index contributed by atoms with van der Waals surface area (Å²) in [5.74, 6) is 0.153. The van der Waals surface area contributed by atoms with Crippen molar-refractivity contribution in [3.05, 3.63) is 83.4 Å². The smallest absolute Gasteiger partial charge is 0.207 e. The van der Waals surface area contributed by atoms with E-state index >= 15 is 0 Å². The van der Waals surface area contributed by atoms with Crippen LogP contribution < -0.4 is 0 Å². The van der Waals surface area contributed by atoms with E-state index in [1.54, 1.807) is 7.05 Å². The molecule has 0 N–H and O–H groups in total. The molecule has 0 spiro atoms. The van der Waals surface area contributed by atoms with Gasteiger partial charge in [-0.2, -0.15) is 12.6 Å². The maximum atomic E-state index is 13.0. The van der Waals surface area contributed by atoms with Crippen LogP contribution in [0.15, 0.2) is 71.7 Å². The fourth-order valence-corrected chi connectivity index (χ4v) is 4.18. The maximum absolute atomic E-state index is 13.0. The molecule has 0 saturated carbocycles. The number of ketones is 2. The predicted octanol–water partition coefficient (Wildman–Crippen LogP) is 5.23. The van der Waals surface area contributed by atoms with Gasteiger partial charge in [0.1, 0.15) is 0 Å². The van der Waals surface area contributed by atoms with Gasteiger partial charge in [-0.25, -0.2) is 0 Å². The van der Waals surface area contributed by atoms with Crippen molar-refractivity contribution in [2.75, 3.05) is 12.8 Å². The maximum Gasteiger partial charge on any atom is 0.207 e. The molecule has 4 nitrogen and oxygen atoms in total. The van der Waals surface area contributed by atoms with E-state index in [9.17, 15) is 9.59 Å². The molecule has 3 aromatic carbocycles. The van der Waals surface area contributed by atoms with Crippen LogP contribution in [0.3, 0.4) is 0 Å². The van der Waals surface area contributed by atoms with Gasteiger partial charge in [-0.3, -0.25) is 14.6 Å². The van der Waals surface area contributed by atoms with Crippen LogP contribution >= 0.6 is 12.6 Å². The Bertz CT molecular complexity index is 1300. The molecule has 0 aliphatic heterocycles. The summed E-state index contributed by atoms with van der Waals surface area (Å²) in [6, 6.07) is 20.8. The number of aryl methyl sites for hydroxylation is 1. The quantitative estimate of drug-likeness (QED) is 0.267. The van der Waals surface area contributed by atoms with Crippen LogP contribution in [0.4, 0.5) is 0 Å². The first kappa shape index (κ1) is 20.1. The molecule has 0 atom stereocenters. The molecule has 30 heavy (non-hydrogen) atoms. The van der Waals surface area contributed by atoms with E-state index in [4.69, 9.17) is 0 Å². The molecule has 4 rings (SSSR count). The molecular weight excluding hydrogens is 392 g/mol. The summed E-state index contributed by atoms with van der Waals surface area (Å²) in [5, 5.41) is 1.92. The number of aromatic nitrogens is 1. The molecule has 0 amide bonds. The van der Waals surface area contributed by atoms with Crippen LogP contribution in [0.1, 0.15) is 33.2 Å². The zero-order chi connectivity index (χ0) is 21.3. The number of Topliss-reactive ketones (excluding diaryl/α,β-unsaturated/α-hetero) is 1. The number of hydrogen-bond acceptors (Lipinski definition) is 4. The van der Waals surface area contributed by atoms with Gasteiger partial charge < -0.3 is 4.57 Å². The lowest BCUT2D eigenvalue weighted by atomic mass is 10.00. The van der Waals surface area contributed by atoms with E-state index in [-0.39, 0.29) is 11.6 Å². The van der Waals surface area contributed by atoms with E-state index in [0.717, 1.165) is 28.4 Å². The lowest BCUT2D eigenvalue weighted by Gasteiger charge is -2.05. The van der Waals surface area contributed by atoms with Gasteiger partial charge in [-0.1, -0.05) is 30.3 Å². The lowest BCUT2D eigenvalue weighted by molar-refractivity contribution is 0.103. The van der Waals surface area contributed by atoms with Gasteiger partial charge in [-0.05, 0) is 43.3 Å². The number of fused-ring (bicyclic) bond motifs is 3. The number of thiol groups is 1. The van der Waals surface area contributed by atoms with Crippen LogP contribution in [0.2, 0.25) is 0 Å². The van der Waals surface area contributed by atoms with Crippen LogP contribution in [0, 0.1) is 0 Å². The van der Waals surface area contributed by atoms with Crippen molar-refractivity contribution in [2.24, 2.45) is 4.99 Å². The molecule has 0 bridgehead atoms. The third kappa shape index (κ3) is 3.35. The first-order valence-corrected chi connectivity index (χ1v) is 10.5. The molecule has 5 heteroatoms. The van der Waals surface area contributed by atoms with Crippen molar-refractivity contribution in [1.82, 2.24) is 4.57 Å². The summed E-state index contributed by atoms with van der Waals surface area (Å²) in [7, 11) is 1.60. The third-order valence-corrected chi connectivity index (χ3v) is 5.72. The number of rotatable bonds is 6. The van der Waals surface area contributed by atoms with Crippen LogP contribution in [-0.4, -0.2) is 34.6 Å². The van der Waals surface area contributed by atoms with Crippen LogP contribution in [-0.2, 0) is 6.54 Å². The summed E-state index contributed by atoms with van der Waals surface area (Å²) in [4.78, 5) is 29.8. The molecule has 0 unspecified atom stereocenters. The molecule has 0 fully saturated rings. The SMILES string of the molecule is CCn1c2ccc(C(=O)/C(CS)=N/C)cc2c2cc(C(=O)c3ccccc3)ccc21. The van der Waals surface area contributed by atoms with E-state index in [1.165, 1.54) is 0 Å². The third-order valence-electron chi connectivity index (χ3n) is 5.42. The van der Waals surface area contributed by atoms with Gasteiger partial charge in [0.2, 0.25) is 5.78 Å². The van der Waals surface area contributed by atoms with E-state index in [2.05, 4.69) is 29.1 Å². The van der Waals surface area contributed by atoms with E-state index < -0.39 is 0 Å². The molecule has 4 aromatic rings. The molecule has 0 saturated heterocycles. The average Bonchev–Trinajstić information content (AvgIpc) is 3.12. The number of nitrogens with zero attached hydrogens (tertiary/aromatic N) is 2. The number of aliphatic imine (C=N–C) groups is 1. The minimum Gasteiger partial charge on any atom is -0.341 e. The Morgan fingerprint density at radius 1 is 0.867 bits per heavy atom. The number of carbonyl (C=O) groups excluding carboxylic acids is 2. The van der Waals surface area contributed by atoms with Crippen molar-refractivity contribution in [2.45, 2.75) is 13.5 Å². The topological polar surface area (TPSA) is 51.4 Å². The molecule has 1 aromatic heterocycles. The standard InChI is InChI=1S/C25H22N2O2S/c1-3-27-22-11-9-17(24(28)16-7-5-4-6-8-16)13-19(22)20-14-18(10-12-23(20)27)25(29)21(15-30)26-2/h4-14,30H,3,15H2,1-2H3/b26-21+. The van der Waals surface area contributed by atoms with E-state index in [1.807, 2.05) is 66.7 Å². The zero-order valence-corrected chi connectivity index (χ0v) is 17.8. The Kier molecular flexibility index (Phi) is 5.55. The van der Waals surface area contributed by atoms with Crippen molar-refractivity contribution < 1.29 is 9.59 Å². The van der Waals surface area contributed by atoms with Crippen LogP contribution in [0.25, 0.3) is 21.8 Å². The highest BCUT2D eigenvalue weighted by atomic mass is 32.1. The fourth-order valence-electron chi connectivity index (χ4n) is 3.89. The van der Waals surface area contributed by atoms with Crippen molar-refractivity contribution in [3.63, 3.8) is 0 Å². The average molecular weight is 415 g/mol. The molecule has 150 valence electrons. The van der Waals surface area contributed by atoms with Gasteiger partial charge in [0.25, 0.3) is 0 Å². The summed E-state index contributed by atoms with van der Waals surface area (Å²) in [6.45, 7) is 2.88. The molecule has 0 aliphatic carbocycles. The second kappa shape index (κ2) is 8.28. The van der Waals surface area contributed by atoms with Crippen molar-refractivity contribution in [1.29, 1.82) is 0 Å². The monoisotopic (exact) mass is 414 g/mol. The Morgan fingerprint density at radius 2 is 1.47 bits per heavy atom. The number of benzene rings is 3. The first-order chi connectivity index (χ1) is 14.6. The predicted molar refractivity (Wildman–Crippen MR) is 127 cm³/mol. The Hall–Kier alpha value is -3.18. The van der Waals surface area contributed by atoms with Gasteiger partial charge >= 0.3 is 0 Å². The molecule has 0 radical (unpaired) electrons. The Labute approximate surface area is 180 Å². The lowest BCUT2D eigenvalue weighted by Crippen LogP contribution is -2.15. The largest absolute Gasteiger partial charge is 0.341 e. The fraction of sp³-hybridized carbons (Fsp3) is 0.160. The Morgan fingerprint density at radius 3 is 2.03 bits per heavy atom. The summed E-state index contributed by atoms with van der Waals surface area (Å²) in [5.41, 5.74) is 4.37. The second-order valence-corrected chi connectivity index (χ2v) is 7.38.